The highest BCUT2D eigenvalue weighted by Gasteiger charge is 2.44. The van der Waals surface area contributed by atoms with E-state index in [4.69, 9.17) is 4.74 Å². The van der Waals surface area contributed by atoms with Crippen LogP contribution < -0.4 is 0 Å². The molecule has 0 saturated carbocycles. The van der Waals surface area contributed by atoms with Crippen LogP contribution in [0.25, 0.3) is 0 Å². The summed E-state index contributed by atoms with van der Waals surface area (Å²) in [5.41, 5.74) is -0.585. The van der Waals surface area contributed by atoms with Crippen LogP contribution in [0.5, 0.6) is 0 Å². The first-order valence-corrected chi connectivity index (χ1v) is 7.43. The second-order valence-corrected chi connectivity index (χ2v) is 6.85. The van der Waals surface area contributed by atoms with Crippen molar-refractivity contribution < 1.29 is 19.4 Å². The highest BCUT2D eigenvalue weighted by atomic mass is 32.1. The highest BCUT2D eigenvalue weighted by molar-refractivity contribution is 7.10. The van der Waals surface area contributed by atoms with Crippen LogP contribution in [0.3, 0.4) is 0 Å². The van der Waals surface area contributed by atoms with Gasteiger partial charge in [0, 0.05) is 11.4 Å². The van der Waals surface area contributed by atoms with E-state index < -0.39 is 29.6 Å². The first-order chi connectivity index (χ1) is 9.29. The van der Waals surface area contributed by atoms with Crippen molar-refractivity contribution in [2.45, 2.75) is 38.8 Å². The van der Waals surface area contributed by atoms with Crippen molar-refractivity contribution in [3.63, 3.8) is 0 Å². The first kappa shape index (κ1) is 14.8. The summed E-state index contributed by atoms with van der Waals surface area (Å²) in [6, 6.07) is 3.31. The maximum Gasteiger partial charge on any atom is 0.410 e. The third-order valence-corrected chi connectivity index (χ3v) is 4.12. The largest absolute Gasteiger partial charge is 0.481 e. The highest BCUT2D eigenvalue weighted by Crippen LogP contribution is 2.40. The molecule has 2 rings (SSSR count). The van der Waals surface area contributed by atoms with E-state index in [-0.39, 0.29) is 0 Å². The van der Waals surface area contributed by atoms with Crippen LogP contribution in [0.15, 0.2) is 17.5 Å². The molecule has 1 aliphatic heterocycles. The Morgan fingerprint density at radius 3 is 2.65 bits per heavy atom. The van der Waals surface area contributed by atoms with Gasteiger partial charge in [-0.2, -0.15) is 0 Å². The molecule has 1 amide bonds. The first-order valence-electron chi connectivity index (χ1n) is 6.55. The molecular formula is C14H19NO4S. The molecule has 20 heavy (non-hydrogen) atoms. The van der Waals surface area contributed by atoms with Crippen LogP contribution in [0.1, 0.15) is 38.1 Å². The summed E-state index contributed by atoms with van der Waals surface area (Å²) in [5, 5.41) is 11.2. The standard InChI is InChI=1S/C14H19NO4S/c1-14(2,3)19-13(18)15-7-6-9(12(16)17)11(15)10-5-4-8-20-10/h4-5,8-9,11H,6-7H2,1-3H3,(H,16,17)/t9-,11+/m1/s1. The van der Waals surface area contributed by atoms with Gasteiger partial charge < -0.3 is 9.84 Å². The molecule has 0 aliphatic carbocycles. The van der Waals surface area contributed by atoms with Gasteiger partial charge in [0.2, 0.25) is 0 Å². The van der Waals surface area contributed by atoms with Gasteiger partial charge in [0.1, 0.15) is 5.60 Å². The van der Waals surface area contributed by atoms with Crippen molar-refractivity contribution in [1.29, 1.82) is 0 Å². The molecule has 1 saturated heterocycles. The quantitative estimate of drug-likeness (QED) is 0.910. The lowest BCUT2D eigenvalue weighted by molar-refractivity contribution is -0.142. The number of rotatable bonds is 2. The average Bonchev–Trinajstić information content (AvgIpc) is 2.95. The van der Waals surface area contributed by atoms with Gasteiger partial charge in [-0.3, -0.25) is 9.69 Å². The topological polar surface area (TPSA) is 66.8 Å². The predicted octanol–water partition coefficient (Wildman–Crippen LogP) is 3.13. The molecule has 2 atom stereocenters. The fraction of sp³-hybridized carbons (Fsp3) is 0.571. The third-order valence-electron chi connectivity index (χ3n) is 3.18. The van der Waals surface area contributed by atoms with Crippen molar-refractivity contribution in [1.82, 2.24) is 4.90 Å². The van der Waals surface area contributed by atoms with Crippen molar-refractivity contribution in [2.75, 3.05) is 6.54 Å². The van der Waals surface area contributed by atoms with Crippen molar-refractivity contribution in [3.05, 3.63) is 22.4 Å². The van der Waals surface area contributed by atoms with Crippen molar-refractivity contribution >= 4 is 23.4 Å². The van der Waals surface area contributed by atoms with Crippen LogP contribution >= 0.6 is 11.3 Å². The number of carbonyl (C=O) groups is 2. The zero-order valence-electron chi connectivity index (χ0n) is 11.8. The van der Waals surface area contributed by atoms with Crippen LogP contribution in [0, 0.1) is 5.92 Å². The van der Waals surface area contributed by atoms with Crippen LogP contribution in [-0.2, 0) is 9.53 Å². The lowest BCUT2D eigenvalue weighted by atomic mass is 9.99. The van der Waals surface area contributed by atoms with E-state index in [9.17, 15) is 14.7 Å². The smallest absolute Gasteiger partial charge is 0.410 e. The molecule has 1 aliphatic rings. The number of aliphatic carboxylic acids is 1. The molecule has 0 bridgehead atoms. The molecule has 110 valence electrons. The number of carboxylic acid groups (broad SMARTS) is 1. The van der Waals surface area contributed by atoms with E-state index in [1.165, 1.54) is 16.2 Å². The Morgan fingerprint density at radius 1 is 1.45 bits per heavy atom. The monoisotopic (exact) mass is 297 g/mol. The predicted molar refractivity (Wildman–Crippen MR) is 75.7 cm³/mol. The molecule has 0 aromatic carbocycles. The number of carboxylic acids is 1. The molecule has 0 unspecified atom stereocenters. The molecular weight excluding hydrogens is 278 g/mol. The van der Waals surface area contributed by atoms with E-state index in [0.717, 1.165) is 4.88 Å². The fourth-order valence-corrected chi connectivity index (χ4v) is 3.29. The lowest BCUT2D eigenvalue weighted by Gasteiger charge is -2.29. The summed E-state index contributed by atoms with van der Waals surface area (Å²) in [7, 11) is 0. The molecule has 1 aromatic heterocycles. The van der Waals surface area contributed by atoms with Gasteiger partial charge in [0.05, 0.1) is 12.0 Å². The number of carbonyl (C=O) groups excluding carboxylic acids is 1. The SMILES string of the molecule is CC(C)(C)OC(=O)N1CC[C@@H](C(=O)O)[C@H]1c1cccs1. The van der Waals surface area contributed by atoms with E-state index in [2.05, 4.69) is 0 Å². The third kappa shape index (κ3) is 3.12. The second-order valence-electron chi connectivity index (χ2n) is 5.87. The Labute approximate surface area is 122 Å². The number of hydrogen-bond acceptors (Lipinski definition) is 4. The van der Waals surface area contributed by atoms with Gasteiger partial charge in [-0.25, -0.2) is 4.79 Å². The number of likely N-dealkylation sites (tertiary alicyclic amines) is 1. The van der Waals surface area contributed by atoms with Crippen molar-refractivity contribution in [3.8, 4) is 0 Å². The minimum Gasteiger partial charge on any atom is -0.481 e. The minimum atomic E-state index is -0.866. The van der Waals surface area contributed by atoms with E-state index in [1.54, 1.807) is 20.8 Å². The Balaban J connectivity index is 2.24. The number of thiophene rings is 1. The molecule has 1 fully saturated rings. The van der Waals surface area contributed by atoms with Gasteiger partial charge in [-0.15, -0.1) is 11.3 Å². The fourth-order valence-electron chi connectivity index (χ4n) is 2.39. The van der Waals surface area contributed by atoms with E-state index in [1.807, 2.05) is 17.5 Å². The molecule has 1 aromatic rings. The molecule has 5 nitrogen and oxygen atoms in total. The Hall–Kier alpha value is -1.56. The summed E-state index contributed by atoms with van der Waals surface area (Å²) in [4.78, 5) is 26.1. The number of nitrogens with zero attached hydrogens (tertiary/aromatic N) is 1. The van der Waals surface area contributed by atoms with Crippen LogP contribution in [-0.4, -0.2) is 34.2 Å². The Kier molecular flexibility index (Phi) is 4.04. The molecule has 0 radical (unpaired) electrons. The summed E-state index contributed by atoms with van der Waals surface area (Å²) in [5.74, 6) is -1.43. The Bertz CT molecular complexity index is 492. The van der Waals surface area contributed by atoms with Gasteiger partial charge in [-0.05, 0) is 38.6 Å². The van der Waals surface area contributed by atoms with Crippen LogP contribution in [0.2, 0.25) is 0 Å². The molecule has 2 heterocycles. The van der Waals surface area contributed by atoms with Crippen molar-refractivity contribution in [2.24, 2.45) is 5.92 Å². The minimum absolute atomic E-state index is 0.411. The van der Waals surface area contributed by atoms with Gasteiger partial charge in [0.15, 0.2) is 0 Å². The Morgan fingerprint density at radius 2 is 2.15 bits per heavy atom. The zero-order chi connectivity index (χ0) is 14.9. The van der Waals surface area contributed by atoms with E-state index in [0.29, 0.717) is 13.0 Å². The number of amides is 1. The molecule has 6 heteroatoms. The summed E-state index contributed by atoms with van der Waals surface area (Å²) in [6.45, 7) is 5.82. The zero-order valence-corrected chi connectivity index (χ0v) is 12.6. The normalized spacial score (nSPS) is 22.9. The number of hydrogen-bond donors (Lipinski definition) is 1. The maximum atomic E-state index is 12.3. The van der Waals surface area contributed by atoms with Gasteiger partial charge in [0.25, 0.3) is 0 Å². The summed E-state index contributed by atoms with van der Waals surface area (Å²) >= 11 is 1.47. The second kappa shape index (κ2) is 5.44. The van der Waals surface area contributed by atoms with Gasteiger partial charge in [-0.1, -0.05) is 6.07 Å². The number of ether oxygens (including phenoxy) is 1. The summed E-state index contributed by atoms with van der Waals surface area (Å²) < 4.78 is 5.38. The lowest BCUT2D eigenvalue weighted by Crippen LogP contribution is -2.37. The molecule has 0 spiro atoms. The summed E-state index contributed by atoms with van der Waals surface area (Å²) in [6.07, 6.45) is 0.0107. The molecule has 1 N–H and O–H groups in total. The average molecular weight is 297 g/mol. The maximum absolute atomic E-state index is 12.3. The van der Waals surface area contributed by atoms with Crippen LogP contribution in [0.4, 0.5) is 4.79 Å². The van der Waals surface area contributed by atoms with E-state index >= 15 is 0 Å². The van der Waals surface area contributed by atoms with Gasteiger partial charge >= 0.3 is 12.1 Å².